The van der Waals surface area contributed by atoms with Gasteiger partial charge in [0.05, 0.1) is 13.7 Å². The van der Waals surface area contributed by atoms with E-state index in [1.807, 2.05) is 17.0 Å². The molecule has 27 heavy (non-hydrogen) atoms. The number of amides is 1. The number of aryl methyl sites for hydroxylation is 2. The number of carbonyl (C=O) groups is 1. The van der Waals surface area contributed by atoms with E-state index in [4.69, 9.17) is 4.74 Å². The number of para-hydroxylation sites is 1. The van der Waals surface area contributed by atoms with Gasteiger partial charge in [0.1, 0.15) is 5.75 Å². The minimum Gasteiger partial charge on any atom is -0.497 e. The van der Waals surface area contributed by atoms with Gasteiger partial charge in [0.25, 0.3) is 0 Å². The number of hydrogen-bond donors (Lipinski definition) is 1. The number of rotatable bonds is 6. The molecule has 0 spiro atoms. The highest BCUT2D eigenvalue weighted by molar-refractivity contribution is 5.81. The first kappa shape index (κ1) is 19.1. The summed E-state index contributed by atoms with van der Waals surface area (Å²) in [5, 5.41) is 3.37. The van der Waals surface area contributed by atoms with Gasteiger partial charge >= 0.3 is 0 Å². The van der Waals surface area contributed by atoms with Crippen molar-refractivity contribution in [2.24, 2.45) is 0 Å². The van der Waals surface area contributed by atoms with Crippen molar-refractivity contribution in [3.05, 3.63) is 53.6 Å². The van der Waals surface area contributed by atoms with Crippen LogP contribution in [0.25, 0.3) is 0 Å². The number of benzene rings is 2. The van der Waals surface area contributed by atoms with E-state index in [9.17, 15) is 4.79 Å². The molecule has 0 unspecified atom stereocenters. The van der Waals surface area contributed by atoms with Crippen molar-refractivity contribution in [2.45, 2.75) is 20.3 Å². The van der Waals surface area contributed by atoms with E-state index >= 15 is 0 Å². The van der Waals surface area contributed by atoms with E-state index in [-0.39, 0.29) is 5.91 Å². The molecule has 2 aromatic rings. The fourth-order valence-corrected chi connectivity index (χ4v) is 3.56. The third-order valence-corrected chi connectivity index (χ3v) is 5.23. The summed E-state index contributed by atoms with van der Waals surface area (Å²) in [6.07, 6.45) is 0.957. The van der Waals surface area contributed by atoms with Crippen molar-refractivity contribution >= 4 is 17.3 Å². The Morgan fingerprint density at radius 1 is 1.07 bits per heavy atom. The van der Waals surface area contributed by atoms with Gasteiger partial charge < -0.3 is 19.9 Å². The van der Waals surface area contributed by atoms with Crippen LogP contribution in [-0.4, -0.2) is 50.6 Å². The third-order valence-electron chi connectivity index (χ3n) is 5.23. The second kappa shape index (κ2) is 8.80. The SMILES string of the molecule is CCc1cccc(C)c1NCC(=O)N1CCN(c2ccc(OC)cc2)CC1. The summed E-state index contributed by atoms with van der Waals surface area (Å²) in [5.74, 6) is 1.02. The van der Waals surface area contributed by atoms with Crippen LogP contribution in [0.3, 0.4) is 0 Å². The number of nitrogens with zero attached hydrogens (tertiary/aromatic N) is 2. The van der Waals surface area contributed by atoms with Crippen LogP contribution in [-0.2, 0) is 11.2 Å². The average Bonchev–Trinajstić information content (AvgIpc) is 2.72. The number of anilines is 2. The maximum Gasteiger partial charge on any atom is 0.241 e. The molecule has 144 valence electrons. The Balaban J connectivity index is 1.53. The zero-order valence-corrected chi connectivity index (χ0v) is 16.5. The molecule has 1 N–H and O–H groups in total. The Bertz CT molecular complexity index is 766. The molecule has 1 aliphatic heterocycles. The molecule has 0 aliphatic carbocycles. The van der Waals surface area contributed by atoms with Gasteiger partial charge in [0.2, 0.25) is 5.91 Å². The number of hydrogen-bond acceptors (Lipinski definition) is 4. The van der Waals surface area contributed by atoms with Gasteiger partial charge in [-0.05, 0) is 48.7 Å². The van der Waals surface area contributed by atoms with E-state index in [2.05, 4.69) is 54.4 Å². The maximum atomic E-state index is 12.6. The molecule has 1 fully saturated rings. The summed E-state index contributed by atoms with van der Waals surface area (Å²) >= 11 is 0. The molecular weight excluding hydrogens is 338 g/mol. The summed E-state index contributed by atoms with van der Waals surface area (Å²) in [6, 6.07) is 14.4. The first-order valence-corrected chi connectivity index (χ1v) is 9.61. The molecule has 1 heterocycles. The maximum absolute atomic E-state index is 12.6. The van der Waals surface area contributed by atoms with Gasteiger partial charge in [-0.25, -0.2) is 0 Å². The van der Waals surface area contributed by atoms with Crippen LogP contribution in [0, 0.1) is 6.92 Å². The molecule has 2 aromatic carbocycles. The Kier molecular flexibility index (Phi) is 6.22. The Morgan fingerprint density at radius 3 is 2.41 bits per heavy atom. The highest BCUT2D eigenvalue weighted by Gasteiger charge is 2.21. The number of carbonyl (C=O) groups excluding carboxylic acids is 1. The second-order valence-electron chi connectivity index (χ2n) is 6.88. The Labute approximate surface area is 161 Å². The predicted octanol–water partition coefficient (Wildman–Crippen LogP) is 3.33. The second-order valence-corrected chi connectivity index (χ2v) is 6.88. The molecule has 5 nitrogen and oxygen atoms in total. The predicted molar refractivity (Wildman–Crippen MR) is 111 cm³/mol. The van der Waals surface area contributed by atoms with Gasteiger partial charge in [-0.3, -0.25) is 4.79 Å². The number of piperazine rings is 1. The molecule has 5 heteroatoms. The molecule has 3 rings (SSSR count). The highest BCUT2D eigenvalue weighted by atomic mass is 16.5. The normalized spacial score (nSPS) is 14.2. The van der Waals surface area contributed by atoms with Gasteiger partial charge in [-0.15, -0.1) is 0 Å². The zero-order chi connectivity index (χ0) is 19.2. The monoisotopic (exact) mass is 367 g/mol. The lowest BCUT2D eigenvalue weighted by Crippen LogP contribution is -2.50. The van der Waals surface area contributed by atoms with Crippen LogP contribution in [0.5, 0.6) is 5.75 Å². The van der Waals surface area contributed by atoms with E-state index < -0.39 is 0 Å². The van der Waals surface area contributed by atoms with Crippen molar-refractivity contribution in [1.29, 1.82) is 0 Å². The fraction of sp³-hybridized carbons (Fsp3) is 0.409. The van der Waals surface area contributed by atoms with Crippen LogP contribution in [0.4, 0.5) is 11.4 Å². The highest BCUT2D eigenvalue weighted by Crippen LogP contribution is 2.22. The molecule has 1 amide bonds. The number of methoxy groups -OCH3 is 1. The smallest absolute Gasteiger partial charge is 0.241 e. The Morgan fingerprint density at radius 2 is 1.78 bits per heavy atom. The molecule has 1 aliphatic rings. The summed E-state index contributed by atoms with van der Waals surface area (Å²) in [5.41, 5.74) is 4.72. The van der Waals surface area contributed by atoms with E-state index in [1.54, 1.807) is 7.11 Å². The van der Waals surface area contributed by atoms with Crippen molar-refractivity contribution in [3.63, 3.8) is 0 Å². The fourth-order valence-electron chi connectivity index (χ4n) is 3.56. The molecule has 0 atom stereocenters. The average molecular weight is 367 g/mol. The number of ether oxygens (including phenoxy) is 1. The van der Waals surface area contributed by atoms with Crippen LogP contribution in [0.2, 0.25) is 0 Å². The van der Waals surface area contributed by atoms with Gasteiger partial charge in [-0.1, -0.05) is 25.1 Å². The molecule has 1 saturated heterocycles. The molecule has 0 radical (unpaired) electrons. The Hall–Kier alpha value is -2.69. The van der Waals surface area contributed by atoms with Gasteiger partial charge in [-0.2, -0.15) is 0 Å². The zero-order valence-electron chi connectivity index (χ0n) is 16.5. The van der Waals surface area contributed by atoms with E-state index in [0.717, 1.165) is 44.0 Å². The molecular formula is C22H29N3O2. The molecule has 0 aromatic heterocycles. The number of nitrogens with one attached hydrogen (secondary N) is 1. The topological polar surface area (TPSA) is 44.8 Å². The lowest BCUT2D eigenvalue weighted by Gasteiger charge is -2.36. The van der Waals surface area contributed by atoms with Crippen molar-refractivity contribution in [3.8, 4) is 5.75 Å². The van der Waals surface area contributed by atoms with Crippen molar-refractivity contribution in [1.82, 2.24) is 4.90 Å². The van der Waals surface area contributed by atoms with Crippen LogP contribution in [0.1, 0.15) is 18.1 Å². The third kappa shape index (κ3) is 4.54. The summed E-state index contributed by atoms with van der Waals surface area (Å²) < 4.78 is 5.21. The van der Waals surface area contributed by atoms with Crippen molar-refractivity contribution in [2.75, 3.05) is 50.1 Å². The lowest BCUT2D eigenvalue weighted by atomic mass is 10.1. The minimum atomic E-state index is 0.162. The van der Waals surface area contributed by atoms with Crippen molar-refractivity contribution < 1.29 is 9.53 Å². The summed E-state index contributed by atoms with van der Waals surface area (Å²) in [7, 11) is 1.67. The summed E-state index contributed by atoms with van der Waals surface area (Å²) in [6.45, 7) is 7.77. The van der Waals surface area contributed by atoms with Gasteiger partial charge in [0, 0.05) is 37.6 Å². The first-order chi connectivity index (χ1) is 13.1. The lowest BCUT2D eigenvalue weighted by molar-refractivity contribution is -0.129. The standard InChI is InChI=1S/C22H29N3O2/c1-4-18-7-5-6-17(2)22(18)23-16-21(26)25-14-12-24(13-15-25)19-8-10-20(27-3)11-9-19/h5-11,23H,4,12-16H2,1-3H3. The largest absolute Gasteiger partial charge is 0.497 e. The van der Waals surface area contributed by atoms with Crippen LogP contribution < -0.4 is 15.0 Å². The van der Waals surface area contributed by atoms with Gasteiger partial charge in [0.15, 0.2) is 0 Å². The van der Waals surface area contributed by atoms with Crippen LogP contribution >= 0.6 is 0 Å². The minimum absolute atomic E-state index is 0.162. The van der Waals surface area contributed by atoms with Crippen LogP contribution in [0.15, 0.2) is 42.5 Å². The van der Waals surface area contributed by atoms with E-state index in [1.165, 1.54) is 16.8 Å². The quantitative estimate of drug-likeness (QED) is 0.851. The van der Waals surface area contributed by atoms with E-state index in [0.29, 0.717) is 6.54 Å². The summed E-state index contributed by atoms with van der Waals surface area (Å²) in [4.78, 5) is 16.9. The first-order valence-electron chi connectivity index (χ1n) is 9.61. The molecule has 0 saturated carbocycles. The molecule has 0 bridgehead atoms.